The van der Waals surface area contributed by atoms with Gasteiger partial charge in [0.1, 0.15) is 5.60 Å². The van der Waals surface area contributed by atoms with Crippen LogP contribution in [0.5, 0.6) is 0 Å². The minimum Gasteiger partial charge on any atom is -0.383 e. The lowest BCUT2D eigenvalue weighted by atomic mass is 10.1. The molecule has 2 heterocycles. The lowest BCUT2D eigenvalue weighted by Crippen LogP contribution is -2.45. The van der Waals surface area contributed by atoms with Crippen molar-refractivity contribution in [2.75, 3.05) is 39.5 Å². The van der Waals surface area contributed by atoms with Crippen LogP contribution in [0.25, 0.3) is 0 Å². The number of aliphatic imine (C=N–C) groups is 1. The van der Waals surface area contributed by atoms with Gasteiger partial charge in [-0.1, -0.05) is 6.07 Å². The molecule has 1 aliphatic rings. The summed E-state index contributed by atoms with van der Waals surface area (Å²) in [6, 6.07) is 3.82. The van der Waals surface area contributed by atoms with E-state index in [-0.39, 0.29) is 5.92 Å². The summed E-state index contributed by atoms with van der Waals surface area (Å²) in [5.41, 5.74) is -0.966. The normalized spacial score (nSPS) is 22.3. The molecule has 2 rings (SSSR count). The zero-order chi connectivity index (χ0) is 17.8. The van der Waals surface area contributed by atoms with E-state index in [0.717, 1.165) is 11.3 Å². The van der Waals surface area contributed by atoms with E-state index >= 15 is 0 Å². The molecule has 136 valence electrons. The van der Waals surface area contributed by atoms with E-state index in [4.69, 9.17) is 0 Å². The standard InChI is InChI=1S/C15H26N4O3S2/c1-15(20,13-5-4-8-23-13)11-18-14(16-2)17-9-12-6-7-19(10-12)24(3,21)22/h4-5,8,12,20H,6-7,9-11H2,1-3H3,(H2,16,17,18). The van der Waals surface area contributed by atoms with Crippen LogP contribution >= 0.6 is 11.3 Å². The maximum atomic E-state index is 11.5. The zero-order valence-corrected chi connectivity index (χ0v) is 16.0. The molecule has 1 saturated heterocycles. The largest absolute Gasteiger partial charge is 0.383 e. The first-order chi connectivity index (χ1) is 11.2. The van der Waals surface area contributed by atoms with Crippen molar-refractivity contribution in [1.82, 2.24) is 14.9 Å². The predicted octanol–water partition coefficient (Wildman–Crippen LogP) is 0.402. The molecule has 1 fully saturated rings. The molecule has 9 heteroatoms. The van der Waals surface area contributed by atoms with E-state index < -0.39 is 15.6 Å². The van der Waals surface area contributed by atoms with Gasteiger partial charge in [-0.3, -0.25) is 4.99 Å². The van der Waals surface area contributed by atoms with Crippen molar-refractivity contribution in [3.8, 4) is 0 Å². The Bertz CT molecular complexity index is 656. The Balaban J connectivity index is 1.79. The van der Waals surface area contributed by atoms with Crippen molar-refractivity contribution in [3.05, 3.63) is 22.4 Å². The summed E-state index contributed by atoms with van der Waals surface area (Å²) < 4.78 is 24.6. The Labute approximate surface area is 147 Å². The van der Waals surface area contributed by atoms with E-state index in [1.165, 1.54) is 21.9 Å². The van der Waals surface area contributed by atoms with Gasteiger partial charge in [0.2, 0.25) is 10.0 Å². The maximum Gasteiger partial charge on any atom is 0.211 e. The molecule has 0 bridgehead atoms. The Morgan fingerprint density at radius 3 is 2.83 bits per heavy atom. The van der Waals surface area contributed by atoms with Gasteiger partial charge in [-0.2, -0.15) is 0 Å². The maximum absolute atomic E-state index is 11.5. The first-order valence-electron chi connectivity index (χ1n) is 7.88. The Morgan fingerprint density at radius 1 is 1.54 bits per heavy atom. The summed E-state index contributed by atoms with van der Waals surface area (Å²) in [4.78, 5) is 5.05. The van der Waals surface area contributed by atoms with Gasteiger partial charge in [-0.25, -0.2) is 12.7 Å². The highest BCUT2D eigenvalue weighted by Gasteiger charge is 2.29. The lowest BCUT2D eigenvalue weighted by Gasteiger charge is -2.24. The van der Waals surface area contributed by atoms with Crippen molar-refractivity contribution < 1.29 is 13.5 Å². The molecule has 0 aliphatic carbocycles. The van der Waals surface area contributed by atoms with Crippen LogP contribution in [0.15, 0.2) is 22.5 Å². The number of hydrogen-bond donors (Lipinski definition) is 3. The zero-order valence-electron chi connectivity index (χ0n) is 14.3. The van der Waals surface area contributed by atoms with Crippen LogP contribution in [-0.4, -0.2) is 63.3 Å². The molecule has 7 nitrogen and oxygen atoms in total. The van der Waals surface area contributed by atoms with E-state index in [2.05, 4.69) is 15.6 Å². The van der Waals surface area contributed by atoms with Gasteiger partial charge in [0.15, 0.2) is 5.96 Å². The smallest absolute Gasteiger partial charge is 0.211 e. The summed E-state index contributed by atoms with van der Waals surface area (Å²) in [6.45, 7) is 3.86. The van der Waals surface area contributed by atoms with Crippen LogP contribution in [0.2, 0.25) is 0 Å². The number of thiophene rings is 1. The molecule has 0 radical (unpaired) electrons. The summed E-state index contributed by atoms with van der Waals surface area (Å²) >= 11 is 1.51. The molecular formula is C15H26N4O3S2. The van der Waals surface area contributed by atoms with Gasteiger partial charge in [-0.05, 0) is 30.7 Å². The quantitative estimate of drug-likeness (QED) is 0.495. The molecule has 0 amide bonds. The second kappa shape index (κ2) is 7.81. The summed E-state index contributed by atoms with van der Waals surface area (Å²) in [6.07, 6.45) is 2.08. The van der Waals surface area contributed by atoms with Crippen LogP contribution in [0.1, 0.15) is 18.2 Å². The van der Waals surface area contributed by atoms with Gasteiger partial charge in [0.25, 0.3) is 0 Å². The topological polar surface area (TPSA) is 94.0 Å². The van der Waals surface area contributed by atoms with Crippen molar-refractivity contribution in [3.63, 3.8) is 0 Å². The number of hydrogen-bond acceptors (Lipinski definition) is 5. The minimum atomic E-state index is -3.11. The molecule has 24 heavy (non-hydrogen) atoms. The monoisotopic (exact) mass is 374 g/mol. The fraction of sp³-hybridized carbons (Fsp3) is 0.667. The second-order valence-electron chi connectivity index (χ2n) is 6.33. The van der Waals surface area contributed by atoms with Crippen LogP contribution in [0, 0.1) is 5.92 Å². The van der Waals surface area contributed by atoms with Crippen LogP contribution < -0.4 is 10.6 Å². The van der Waals surface area contributed by atoms with Gasteiger partial charge in [0, 0.05) is 31.6 Å². The third kappa shape index (κ3) is 5.17. The van der Waals surface area contributed by atoms with Crippen molar-refractivity contribution in [2.45, 2.75) is 18.9 Å². The summed E-state index contributed by atoms with van der Waals surface area (Å²) in [7, 11) is -1.43. The Hall–Kier alpha value is -1.16. The number of rotatable bonds is 6. The van der Waals surface area contributed by atoms with Crippen molar-refractivity contribution in [1.29, 1.82) is 0 Å². The van der Waals surface area contributed by atoms with Gasteiger partial charge >= 0.3 is 0 Å². The number of guanidine groups is 1. The molecule has 0 spiro atoms. The van der Waals surface area contributed by atoms with E-state index in [0.29, 0.717) is 32.1 Å². The van der Waals surface area contributed by atoms with Crippen LogP contribution in [-0.2, 0) is 15.6 Å². The highest BCUT2D eigenvalue weighted by molar-refractivity contribution is 7.88. The number of sulfonamides is 1. The number of nitrogens with one attached hydrogen (secondary N) is 2. The molecule has 2 atom stereocenters. The van der Waals surface area contributed by atoms with E-state index in [1.807, 2.05) is 17.5 Å². The average Bonchev–Trinajstić information content (AvgIpc) is 3.18. The summed E-state index contributed by atoms with van der Waals surface area (Å²) in [5, 5.41) is 18.8. The second-order valence-corrected chi connectivity index (χ2v) is 9.26. The highest BCUT2D eigenvalue weighted by Crippen LogP contribution is 2.24. The first kappa shape index (κ1) is 19.2. The third-order valence-corrected chi connectivity index (χ3v) is 6.54. The van der Waals surface area contributed by atoms with Gasteiger partial charge in [0.05, 0.1) is 12.8 Å². The van der Waals surface area contributed by atoms with E-state index in [9.17, 15) is 13.5 Å². The molecule has 1 aliphatic heterocycles. The fourth-order valence-corrected chi connectivity index (χ4v) is 4.36. The first-order valence-corrected chi connectivity index (χ1v) is 10.6. The molecule has 0 aromatic carbocycles. The third-order valence-electron chi connectivity index (χ3n) is 4.15. The van der Waals surface area contributed by atoms with Crippen LogP contribution in [0.4, 0.5) is 0 Å². The van der Waals surface area contributed by atoms with Gasteiger partial charge in [-0.15, -0.1) is 11.3 Å². The summed E-state index contributed by atoms with van der Waals surface area (Å²) in [5.74, 6) is 0.862. The van der Waals surface area contributed by atoms with Crippen LogP contribution in [0.3, 0.4) is 0 Å². The minimum absolute atomic E-state index is 0.260. The van der Waals surface area contributed by atoms with E-state index in [1.54, 1.807) is 14.0 Å². The van der Waals surface area contributed by atoms with Crippen molar-refractivity contribution >= 4 is 27.3 Å². The number of nitrogens with zero attached hydrogens (tertiary/aromatic N) is 2. The highest BCUT2D eigenvalue weighted by atomic mass is 32.2. The molecule has 3 N–H and O–H groups in total. The lowest BCUT2D eigenvalue weighted by molar-refractivity contribution is 0.0655. The average molecular weight is 375 g/mol. The molecular weight excluding hydrogens is 348 g/mol. The van der Waals surface area contributed by atoms with Crippen molar-refractivity contribution in [2.24, 2.45) is 10.9 Å². The Kier molecular flexibility index (Phi) is 6.24. The molecule has 2 unspecified atom stereocenters. The number of aliphatic hydroxyl groups is 1. The molecule has 0 saturated carbocycles. The fourth-order valence-electron chi connectivity index (χ4n) is 2.65. The predicted molar refractivity (Wildman–Crippen MR) is 97.8 cm³/mol. The van der Waals surface area contributed by atoms with Gasteiger partial charge < -0.3 is 15.7 Å². The SMILES string of the molecule is CN=C(NCC1CCN(S(C)(=O)=O)C1)NCC(C)(O)c1cccs1. The molecule has 1 aromatic heterocycles. The Morgan fingerprint density at radius 2 is 2.29 bits per heavy atom. The molecule has 1 aromatic rings.